The number of nitrogens with one attached hydrogen (secondary N) is 4. The summed E-state index contributed by atoms with van der Waals surface area (Å²) in [5.41, 5.74) is 9.08. The molecule has 9 rings (SSSR count). The van der Waals surface area contributed by atoms with Crippen LogP contribution in [0.2, 0.25) is 0 Å². The van der Waals surface area contributed by atoms with Crippen LogP contribution in [0.5, 0.6) is 0 Å². The molecule has 2 bridgehead atoms. The number of benzene rings is 2. The molecule has 4 fully saturated rings. The lowest BCUT2D eigenvalue weighted by Crippen LogP contribution is -2.51. The van der Waals surface area contributed by atoms with Gasteiger partial charge in [-0.1, -0.05) is 68.4 Å². The molecular formula is C46H54N8O3. The fourth-order valence-electron chi connectivity index (χ4n) is 10.0. The van der Waals surface area contributed by atoms with Gasteiger partial charge in [0.25, 0.3) is 0 Å². The molecule has 1 aliphatic heterocycles. The van der Waals surface area contributed by atoms with Crippen molar-refractivity contribution in [1.82, 2.24) is 40.5 Å². The van der Waals surface area contributed by atoms with E-state index in [1.807, 2.05) is 37.3 Å². The van der Waals surface area contributed by atoms with Crippen LogP contribution >= 0.6 is 0 Å². The van der Waals surface area contributed by atoms with Crippen LogP contribution in [0.4, 0.5) is 4.79 Å². The van der Waals surface area contributed by atoms with Gasteiger partial charge in [-0.3, -0.25) is 9.78 Å². The molecular weight excluding hydrogens is 713 g/mol. The van der Waals surface area contributed by atoms with Gasteiger partial charge < -0.3 is 30.2 Å². The minimum absolute atomic E-state index is 0.0833. The van der Waals surface area contributed by atoms with Gasteiger partial charge in [0.2, 0.25) is 5.91 Å². The van der Waals surface area contributed by atoms with Crippen LogP contribution in [0.1, 0.15) is 99.6 Å². The molecule has 6 atom stereocenters. The van der Waals surface area contributed by atoms with E-state index in [1.165, 1.54) is 50.5 Å². The molecule has 11 heteroatoms. The molecule has 4 heterocycles. The fourth-order valence-corrected chi connectivity index (χ4v) is 10.0. The van der Waals surface area contributed by atoms with Gasteiger partial charge in [0.15, 0.2) is 0 Å². The molecule has 0 radical (unpaired) electrons. The van der Waals surface area contributed by atoms with Crippen LogP contribution in [-0.4, -0.2) is 68.1 Å². The van der Waals surface area contributed by atoms with E-state index in [9.17, 15) is 9.59 Å². The number of hydrogen-bond donors (Lipinski definition) is 4. The van der Waals surface area contributed by atoms with Crippen molar-refractivity contribution in [3.8, 4) is 33.6 Å². The number of aromatic nitrogens is 5. The number of H-pyrrole nitrogens is 2. The number of imidazole rings is 2. The van der Waals surface area contributed by atoms with Gasteiger partial charge in [-0.15, -0.1) is 0 Å². The fraction of sp³-hybridized carbons (Fsp3) is 0.457. The monoisotopic (exact) mass is 766 g/mol. The molecule has 3 aliphatic carbocycles. The van der Waals surface area contributed by atoms with Crippen LogP contribution < -0.4 is 10.6 Å². The van der Waals surface area contributed by atoms with E-state index in [1.54, 1.807) is 0 Å². The maximum absolute atomic E-state index is 13.6. The third-order valence-electron chi connectivity index (χ3n) is 13.1. The number of likely N-dealkylation sites (tertiary alicyclic amines) is 1. The zero-order valence-electron chi connectivity index (χ0n) is 33.2. The highest BCUT2D eigenvalue weighted by molar-refractivity contribution is 5.86. The summed E-state index contributed by atoms with van der Waals surface area (Å²) in [6, 6.07) is 20.7. The molecule has 296 valence electrons. The highest BCUT2D eigenvalue weighted by atomic mass is 16.5. The number of rotatable bonds is 13. The molecule has 0 spiro atoms. The first-order valence-electron chi connectivity index (χ1n) is 20.9. The summed E-state index contributed by atoms with van der Waals surface area (Å²) in [5.74, 6) is 4.92. The molecule has 1 saturated heterocycles. The standard InChI is InChI=1S/C46H54N8O3/c1-27(2)41(53-46(56)57-3)45(55)54-21-5-7-39(54)43-49-25-37(51-43)30-12-8-28(9-13-30)29-10-14-31(15-11-29)38-26-50-44(52-38)40-34-19-18-33(22-34)36(40)24-47-23-35-6-4-20-48-42(35)32-16-17-32/h4,6,8-15,20,25-27,32-34,36,39-41,47H,5,7,16-19,21-24H2,1-3H3,(H,49,51)(H,50,52)(H,53,56)/t33?,34?,36?,39-,40?,41-/m0/s1. The second kappa shape index (κ2) is 15.9. The summed E-state index contributed by atoms with van der Waals surface area (Å²) in [7, 11) is 1.31. The van der Waals surface area contributed by atoms with E-state index < -0.39 is 12.1 Å². The number of hydrogen-bond acceptors (Lipinski definition) is 7. The number of amides is 2. The lowest BCUT2D eigenvalue weighted by molar-refractivity contribution is -0.135. The molecule has 3 aromatic heterocycles. The van der Waals surface area contributed by atoms with Gasteiger partial charge in [0, 0.05) is 36.8 Å². The van der Waals surface area contributed by atoms with Crippen LogP contribution in [0, 0.1) is 23.7 Å². The van der Waals surface area contributed by atoms with E-state index in [0.29, 0.717) is 30.2 Å². The van der Waals surface area contributed by atoms with Crippen molar-refractivity contribution in [1.29, 1.82) is 0 Å². The molecule has 11 nitrogen and oxygen atoms in total. The van der Waals surface area contributed by atoms with Crippen LogP contribution in [0.3, 0.4) is 0 Å². The summed E-state index contributed by atoms with van der Waals surface area (Å²) in [6.45, 7) is 6.37. The number of aromatic amines is 2. The molecule has 57 heavy (non-hydrogen) atoms. The van der Waals surface area contributed by atoms with Gasteiger partial charge >= 0.3 is 6.09 Å². The first-order chi connectivity index (χ1) is 27.8. The van der Waals surface area contributed by atoms with Crippen LogP contribution in [-0.2, 0) is 16.1 Å². The summed E-state index contributed by atoms with van der Waals surface area (Å²) < 4.78 is 4.77. The third-order valence-corrected chi connectivity index (χ3v) is 13.1. The lowest BCUT2D eigenvalue weighted by Gasteiger charge is -2.30. The number of alkyl carbamates (subject to hydrolysis) is 1. The molecule has 4 unspecified atom stereocenters. The van der Waals surface area contributed by atoms with Gasteiger partial charge in [0.1, 0.15) is 17.7 Å². The van der Waals surface area contributed by atoms with Crippen molar-refractivity contribution in [3.63, 3.8) is 0 Å². The Morgan fingerprint density at radius 3 is 2.14 bits per heavy atom. The Labute approximate surface area is 334 Å². The molecule has 4 N–H and O–H groups in total. The summed E-state index contributed by atoms with van der Waals surface area (Å²) in [6.07, 6.45) is 13.4. The smallest absolute Gasteiger partial charge is 0.407 e. The Morgan fingerprint density at radius 1 is 0.825 bits per heavy atom. The Morgan fingerprint density at radius 2 is 1.47 bits per heavy atom. The zero-order valence-corrected chi connectivity index (χ0v) is 33.2. The van der Waals surface area contributed by atoms with Crippen molar-refractivity contribution in [2.24, 2.45) is 23.7 Å². The Hall–Kier alpha value is -5.29. The Balaban J connectivity index is 0.835. The number of nitrogens with zero attached hydrogens (tertiary/aromatic N) is 4. The van der Waals surface area contributed by atoms with Gasteiger partial charge in [0.05, 0.1) is 36.9 Å². The third kappa shape index (κ3) is 7.61. The zero-order chi connectivity index (χ0) is 39.0. The topological polar surface area (TPSA) is 141 Å². The van der Waals surface area contributed by atoms with Crippen LogP contribution in [0.15, 0.2) is 79.3 Å². The number of ether oxygens (including phenoxy) is 1. The van der Waals surface area contributed by atoms with Crippen molar-refractivity contribution in [2.45, 2.75) is 89.3 Å². The number of pyridine rings is 1. The molecule has 4 aliphatic rings. The van der Waals surface area contributed by atoms with E-state index in [4.69, 9.17) is 19.7 Å². The summed E-state index contributed by atoms with van der Waals surface area (Å²) in [4.78, 5) is 49.0. The van der Waals surface area contributed by atoms with Crippen LogP contribution in [0.25, 0.3) is 33.6 Å². The maximum atomic E-state index is 13.6. The largest absolute Gasteiger partial charge is 0.453 e. The second-order valence-electron chi connectivity index (χ2n) is 17.0. The predicted molar refractivity (Wildman–Crippen MR) is 220 cm³/mol. The van der Waals surface area contributed by atoms with Gasteiger partial charge in [-0.25, -0.2) is 14.8 Å². The first-order valence-corrected chi connectivity index (χ1v) is 20.9. The molecule has 5 aromatic rings. The number of fused-ring (bicyclic) bond motifs is 2. The van der Waals surface area contributed by atoms with E-state index >= 15 is 0 Å². The Bertz CT molecular complexity index is 2190. The minimum Gasteiger partial charge on any atom is -0.453 e. The number of carbonyl (C=O) groups is 2. The maximum Gasteiger partial charge on any atom is 0.407 e. The lowest BCUT2D eigenvalue weighted by atomic mass is 9.78. The van der Waals surface area contributed by atoms with Gasteiger partial charge in [-0.2, -0.15) is 0 Å². The second-order valence-corrected chi connectivity index (χ2v) is 17.0. The molecule has 2 amide bonds. The number of methoxy groups -OCH3 is 1. The van der Waals surface area contributed by atoms with Crippen molar-refractivity contribution in [3.05, 3.63) is 102 Å². The predicted octanol–water partition coefficient (Wildman–Crippen LogP) is 8.37. The molecule has 2 aromatic carbocycles. The first kappa shape index (κ1) is 37.3. The normalized spacial score (nSPS) is 23.3. The number of carbonyl (C=O) groups excluding carboxylic acids is 2. The SMILES string of the molecule is COC(=O)N[C@H](C(=O)N1CCC[C@H]1c1ncc(-c2ccc(-c3ccc(-c4cnc(C5C6CCC(C6)C5CNCc5cccnc5C5CC5)[nH]4)cc3)cc2)[nH]1)C(C)C. The van der Waals surface area contributed by atoms with Gasteiger partial charge in [-0.05, 0) is 109 Å². The van der Waals surface area contributed by atoms with E-state index in [0.717, 1.165) is 77.1 Å². The van der Waals surface area contributed by atoms with Crippen molar-refractivity contribution >= 4 is 12.0 Å². The van der Waals surface area contributed by atoms with E-state index in [-0.39, 0.29) is 17.9 Å². The highest BCUT2D eigenvalue weighted by Crippen LogP contribution is 2.56. The average molecular weight is 767 g/mol. The average Bonchev–Trinajstić information content (AvgIpc) is 3.80. The minimum atomic E-state index is -0.664. The van der Waals surface area contributed by atoms with E-state index in [2.05, 4.69) is 81.3 Å². The van der Waals surface area contributed by atoms with Crippen molar-refractivity contribution < 1.29 is 14.3 Å². The quantitative estimate of drug-likeness (QED) is 0.0944. The van der Waals surface area contributed by atoms with Crippen molar-refractivity contribution in [2.75, 3.05) is 20.2 Å². The molecule has 3 saturated carbocycles. The Kier molecular flexibility index (Phi) is 10.4. The highest BCUT2D eigenvalue weighted by Gasteiger charge is 2.49. The summed E-state index contributed by atoms with van der Waals surface area (Å²) >= 11 is 0. The summed E-state index contributed by atoms with van der Waals surface area (Å²) in [5, 5.41) is 6.56.